The van der Waals surface area contributed by atoms with E-state index in [1.807, 2.05) is 32.0 Å². The van der Waals surface area contributed by atoms with E-state index in [1.165, 1.54) is 16.2 Å². The third kappa shape index (κ3) is 2.77. The summed E-state index contributed by atoms with van der Waals surface area (Å²) in [5.74, 6) is -1.16. The molecule has 2 aromatic heterocycles. The number of rotatable bonds is 5. The van der Waals surface area contributed by atoms with Gasteiger partial charge in [0.1, 0.15) is 10.6 Å². The summed E-state index contributed by atoms with van der Waals surface area (Å²) in [6, 6.07) is 12.4. The van der Waals surface area contributed by atoms with Gasteiger partial charge in [0.15, 0.2) is 11.0 Å². The summed E-state index contributed by atoms with van der Waals surface area (Å²) >= 11 is 1.24. The van der Waals surface area contributed by atoms with Crippen molar-refractivity contribution in [1.29, 1.82) is 0 Å². The monoisotopic (exact) mass is 498 g/mol. The molecule has 9 heteroatoms. The second kappa shape index (κ2) is 7.96. The second-order valence-corrected chi connectivity index (χ2v) is 9.98. The van der Waals surface area contributed by atoms with Crippen molar-refractivity contribution in [2.24, 2.45) is 0 Å². The standard InChI is InChI=1S/C27H22N4O4S/c1-4-8-20-28-29-26(36-20)31-24(33)23-21(22(32)16-14-15(3)11-12-19(16)35-23)27(31)17-9-6-7-10-18(17)30(13-5-2)25(27)34/h5-7,9-12,14H,2,4,8,13H2,1,3H3. The van der Waals surface area contributed by atoms with Gasteiger partial charge in [-0.3, -0.25) is 19.3 Å². The lowest BCUT2D eigenvalue weighted by Gasteiger charge is -2.31. The van der Waals surface area contributed by atoms with Gasteiger partial charge in [0, 0.05) is 18.5 Å². The van der Waals surface area contributed by atoms with Crippen LogP contribution in [0.15, 0.2) is 64.3 Å². The SMILES string of the molecule is C=CCN1C(=O)C2(c3ccccc31)c1c(oc3ccc(C)cc3c1=O)C(=O)N2c1nnc(CCC)s1. The van der Waals surface area contributed by atoms with E-state index in [2.05, 4.69) is 16.8 Å². The first-order valence-electron chi connectivity index (χ1n) is 11.7. The lowest BCUT2D eigenvalue weighted by Crippen LogP contribution is -2.53. The van der Waals surface area contributed by atoms with E-state index in [0.29, 0.717) is 28.6 Å². The molecule has 2 aliphatic heterocycles. The van der Waals surface area contributed by atoms with Crippen molar-refractivity contribution in [3.05, 3.63) is 92.8 Å². The number of benzene rings is 2. The fourth-order valence-corrected chi connectivity index (χ4v) is 6.23. The quantitative estimate of drug-likeness (QED) is 0.380. The molecular weight excluding hydrogens is 476 g/mol. The summed E-state index contributed by atoms with van der Waals surface area (Å²) in [4.78, 5) is 45.4. The molecule has 4 heterocycles. The van der Waals surface area contributed by atoms with Crippen LogP contribution in [0.4, 0.5) is 10.8 Å². The molecular formula is C27H22N4O4S. The topological polar surface area (TPSA) is 96.6 Å². The first kappa shape index (κ1) is 22.4. The summed E-state index contributed by atoms with van der Waals surface area (Å²) in [6.45, 7) is 7.91. The van der Waals surface area contributed by atoms with Gasteiger partial charge in [-0.15, -0.1) is 16.8 Å². The predicted molar refractivity (Wildman–Crippen MR) is 138 cm³/mol. The Morgan fingerprint density at radius 1 is 1.14 bits per heavy atom. The number of hydrogen-bond donors (Lipinski definition) is 0. The number of aromatic nitrogens is 2. The Bertz CT molecular complexity index is 1660. The number of aryl methyl sites for hydroxylation is 2. The lowest BCUT2D eigenvalue weighted by molar-refractivity contribution is -0.121. The summed E-state index contributed by atoms with van der Waals surface area (Å²) < 4.78 is 6.08. The molecule has 0 N–H and O–H groups in total. The van der Waals surface area contributed by atoms with Crippen LogP contribution in [0.2, 0.25) is 0 Å². The van der Waals surface area contributed by atoms with Gasteiger partial charge in [0.05, 0.1) is 16.6 Å². The number of fused-ring (bicyclic) bond motifs is 5. The zero-order valence-corrected chi connectivity index (χ0v) is 20.6. The van der Waals surface area contributed by atoms with E-state index in [4.69, 9.17) is 4.42 Å². The summed E-state index contributed by atoms with van der Waals surface area (Å²) in [5.41, 5.74) is 0.137. The third-order valence-electron chi connectivity index (χ3n) is 6.70. The molecule has 0 fully saturated rings. The number of anilines is 2. The highest BCUT2D eigenvalue weighted by Crippen LogP contribution is 2.54. The number of para-hydroxylation sites is 1. The summed E-state index contributed by atoms with van der Waals surface area (Å²) in [6.07, 6.45) is 3.16. The van der Waals surface area contributed by atoms with Crippen LogP contribution in [0.1, 0.15) is 45.6 Å². The van der Waals surface area contributed by atoms with Gasteiger partial charge in [0.2, 0.25) is 10.9 Å². The average molecular weight is 499 g/mol. The van der Waals surface area contributed by atoms with Crippen molar-refractivity contribution >= 4 is 44.9 Å². The molecule has 4 aromatic rings. The number of amides is 2. The van der Waals surface area contributed by atoms with E-state index >= 15 is 0 Å². The fraction of sp³-hybridized carbons (Fsp3) is 0.222. The minimum Gasteiger partial charge on any atom is -0.450 e. The number of carbonyl (C=O) groups excluding carboxylic acids is 2. The first-order chi connectivity index (χ1) is 17.4. The van der Waals surface area contributed by atoms with Gasteiger partial charge in [0.25, 0.3) is 11.8 Å². The Hall–Kier alpha value is -4.11. The molecule has 1 atom stereocenters. The molecule has 0 bridgehead atoms. The highest BCUT2D eigenvalue weighted by Gasteiger charge is 2.66. The van der Waals surface area contributed by atoms with Gasteiger partial charge in [-0.25, -0.2) is 0 Å². The van der Waals surface area contributed by atoms with Crippen LogP contribution >= 0.6 is 11.3 Å². The first-order valence-corrected chi connectivity index (χ1v) is 12.5. The smallest absolute Gasteiger partial charge is 0.297 e. The Morgan fingerprint density at radius 3 is 2.72 bits per heavy atom. The maximum Gasteiger partial charge on any atom is 0.297 e. The van der Waals surface area contributed by atoms with Crippen LogP contribution in [0.25, 0.3) is 11.0 Å². The van der Waals surface area contributed by atoms with E-state index in [9.17, 15) is 14.4 Å². The van der Waals surface area contributed by atoms with E-state index < -0.39 is 22.8 Å². The zero-order valence-electron chi connectivity index (χ0n) is 19.8. The van der Waals surface area contributed by atoms with Crippen molar-refractivity contribution in [2.75, 3.05) is 16.3 Å². The molecule has 2 aliphatic rings. The Morgan fingerprint density at radius 2 is 1.94 bits per heavy atom. The van der Waals surface area contributed by atoms with Crippen LogP contribution in [0.5, 0.6) is 0 Å². The molecule has 8 nitrogen and oxygen atoms in total. The molecule has 0 aliphatic carbocycles. The Kier molecular flexibility index (Phi) is 4.94. The molecule has 2 aromatic carbocycles. The van der Waals surface area contributed by atoms with Gasteiger partial charge < -0.3 is 9.32 Å². The normalized spacial score (nSPS) is 18.4. The van der Waals surface area contributed by atoms with Crippen LogP contribution in [0.3, 0.4) is 0 Å². The predicted octanol–water partition coefficient (Wildman–Crippen LogP) is 4.34. The molecule has 0 saturated carbocycles. The van der Waals surface area contributed by atoms with E-state index in [1.54, 1.807) is 35.2 Å². The third-order valence-corrected chi connectivity index (χ3v) is 7.67. The molecule has 6 rings (SSSR count). The largest absolute Gasteiger partial charge is 0.450 e. The molecule has 0 saturated heterocycles. The van der Waals surface area contributed by atoms with Crippen LogP contribution in [-0.2, 0) is 16.8 Å². The summed E-state index contributed by atoms with van der Waals surface area (Å²) in [5, 5.41) is 9.86. The maximum atomic E-state index is 14.4. The molecule has 1 spiro atoms. The van der Waals surface area contributed by atoms with Crippen molar-refractivity contribution in [3.8, 4) is 0 Å². The number of hydrogen-bond acceptors (Lipinski definition) is 7. The Balaban J connectivity index is 1.74. The molecule has 36 heavy (non-hydrogen) atoms. The number of carbonyl (C=O) groups is 2. The number of nitrogens with zero attached hydrogens (tertiary/aromatic N) is 4. The molecule has 2 amide bonds. The minimum absolute atomic E-state index is 0.0156. The van der Waals surface area contributed by atoms with Gasteiger partial charge in [-0.1, -0.05) is 54.2 Å². The fourth-order valence-electron chi connectivity index (χ4n) is 5.24. The highest BCUT2D eigenvalue weighted by molar-refractivity contribution is 7.15. The molecule has 1 unspecified atom stereocenters. The van der Waals surface area contributed by atoms with Crippen molar-refractivity contribution in [3.63, 3.8) is 0 Å². The average Bonchev–Trinajstić information content (AvgIpc) is 3.50. The van der Waals surface area contributed by atoms with Gasteiger partial charge >= 0.3 is 0 Å². The van der Waals surface area contributed by atoms with Crippen molar-refractivity contribution in [2.45, 2.75) is 32.2 Å². The summed E-state index contributed by atoms with van der Waals surface area (Å²) in [7, 11) is 0. The molecule has 180 valence electrons. The maximum absolute atomic E-state index is 14.4. The lowest BCUT2D eigenvalue weighted by atomic mass is 9.84. The zero-order chi connectivity index (χ0) is 25.2. The van der Waals surface area contributed by atoms with Crippen molar-refractivity contribution < 1.29 is 14.0 Å². The van der Waals surface area contributed by atoms with Crippen LogP contribution in [-0.4, -0.2) is 28.6 Å². The van der Waals surface area contributed by atoms with Gasteiger partial charge in [-0.2, -0.15) is 0 Å². The van der Waals surface area contributed by atoms with E-state index in [-0.39, 0.29) is 23.0 Å². The van der Waals surface area contributed by atoms with E-state index in [0.717, 1.165) is 17.0 Å². The van der Waals surface area contributed by atoms with Crippen molar-refractivity contribution in [1.82, 2.24) is 10.2 Å². The van der Waals surface area contributed by atoms with Gasteiger partial charge in [-0.05, 0) is 31.5 Å². The van der Waals surface area contributed by atoms with Crippen LogP contribution < -0.4 is 15.2 Å². The Labute approximate surface area is 210 Å². The minimum atomic E-state index is -1.76. The second-order valence-electron chi connectivity index (χ2n) is 8.94. The van der Waals surface area contributed by atoms with Crippen LogP contribution in [0, 0.1) is 6.92 Å². The molecule has 0 radical (unpaired) electrons. The highest BCUT2D eigenvalue weighted by atomic mass is 32.1.